The molecule has 0 amide bonds. The number of hydrogen-bond donors (Lipinski definition) is 1. The smallest absolute Gasteiger partial charge is 0.0640 e. The Labute approximate surface area is 118 Å². The first kappa shape index (κ1) is 12.9. The van der Waals surface area contributed by atoms with Gasteiger partial charge in [0.25, 0.3) is 0 Å². The van der Waals surface area contributed by atoms with E-state index in [-0.39, 0.29) is 6.04 Å². The third kappa shape index (κ3) is 3.25. The summed E-state index contributed by atoms with van der Waals surface area (Å²) in [5, 5.41) is 8.99. The minimum absolute atomic E-state index is 0.168. The highest BCUT2D eigenvalue weighted by molar-refractivity contribution is 7.07. The summed E-state index contributed by atoms with van der Waals surface area (Å²) in [5.41, 5.74) is 8.69. The van der Waals surface area contributed by atoms with Gasteiger partial charge in [0.1, 0.15) is 0 Å². The highest BCUT2D eigenvalue weighted by Gasteiger charge is 2.18. The normalized spacial score (nSPS) is 17.9. The van der Waals surface area contributed by atoms with Crippen LogP contribution in [-0.2, 0) is 12.8 Å². The van der Waals surface area contributed by atoms with Crippen molar-refractivity contribution in [2.24, 2.45) is 5.73 Å². The Morgan fingerprint density at radius 3 is 2.89 bits per heavy atom. The van der Waals surface area contributed by atoms with Crippen LogP contribution >= 0.6 is 11.3 Å². The van der Waals surface area contributed by atoms with Gasteiger partial charge in [0.2, 0.25) is 0 Å². The maximum atomic E-state index is 6.22. The summed E-state index contributed by atoms with van der Waals surface area (Å²) >= 11 is 1.73. The van der Waals surface area contributed by atoms with Crippen molar-refractivity contribution in [1.29, 1.82) is 0 Å². The molecule has 3 rings (SSSR count). The third-order valence-electron chi connectivity index (χ3n) is 3.91. The predicted molar refractivity (Wildman–Crippen MR) is 79.4 cm³/mol. The largest absolute Gasteiger partial charge is 0.327 e. The second-order valence-electron chi connectivity index (χ2n) is 5.53. The van der Waals surface area contributed by atoms with Gasteiger partial charge in [-0.15, -0.1) is 0 Å². The number of hydrogen-bond acceptors (Lipinski definition) is 3. The van der Waals surface area contributed by atoms with E-state index in [2.05, 4.69) is 33.8 Å². The van der Waals surface area contributed by atoms with Crippen molar-refractivity contribution >= 4 is 11.3 Å². The number of nitrogens with zero attached hydrogens (tertiary/aromatic N) is 2. The third-order valence-corrected chi connectivity index (χ3v) is 4.64. The Kier molecular flexibility index (Phi) is 3.99. The lowest BCUT2D eigenvalue weighted by atomic mass is 10.1. The Morgan fingerprint density at radius 1 is 1.32 bits per heavy atom. The molecule has 0 saturated heterocycles. The number of rotatable bonds is 5. The molecule has 0 aliphatic heterocycles. The zero-order valence-electron chi connectivity index (χ0n) is 11.2. The summed E-state index contributed by atoms with van der Waals surface area (Å²) in [6.45, 7) is 0. The maximum Gasteiger partial charge on any atom is 0.0640 e. The quantitative estimate of drug-likeness (QED) is 0.911. The van der Waals surface area contributed by atoms with Gasteiger partial charge in [-0.3, -0.25) is 4.68 Å². The van der Waals surface area contributed by atoms with Crippen molar-refractivity contribution in [1.82, 2.24) is 9.78 Å². The van der Waals surface area contributed by atoms with E-state index < -0.39 is 0 Å². The van der Waals surface area contributed by atoms with E-state index in [9.17, 15) is 0 Å². The van der Waals surface area contributed by atoms with Crippen LogP contribution in [0.3, 0.4) is 0 Å². The number of aromatic nitrogens is 2. The predicted octanol–water partition coefficient (Wildman–Crippen LogP) is 3.17. The van der Waals surface area contributed by atoms with Crippen molar-refractivity contribution < 1.29 is 0 Å². The highest BCUT2D eigenvalue weighted by Crippen LogP contribution is 2.28. The van der Waals surface area contributed by atoms with Crippen LogP contribution in [-0.4, -0.2) is 15.8 Å². The van der Waals surface area contributed by atoms with E-state index in [1.165, 1.54) is 31.2 Å². The molecule has 0 bridgehead atoms. The lowest BCUT2D eigenvalue weighted by Crippen LogP contribution is -2.25. The molecule has 0 aromatic carbocycles. The molecule has 0 spiro atoms. The average molecular weight is 275 g/mol. The first-order chi connectivity index (χ1) is 9.31. The molecular formula is C15H21N3S. The van der Waals surface area contributed by atoms with E-state index >= 15 is 0 Å². The Bertz CT molecular complexity index is 497. The van der Waals surface area contributed by atoms with E-state index in [4.69, 9.17) is 10.8 Å². The molecule has 3 nitrogen and oxygen atoms in total. The van der Waals surface area contributed by atoms with Crippen molar-refractivity contribution in [3.8, 4) is 0 Å². The minimum Gasteiger partial charge on any atom is -0.327 e. The second kappa shape index (κ2) is 5.88. The second-order valence-corrected chi connectivity index (χ2v) is 6.31. The molecule has 19 heavy (non-hydrogen) atoms. The molecule has 2 N–H and O–H groups in total. The summed E-state index contributed by atoms with van der Waals surface area (Å²) in [4.78, 5) is 0. The van der Waals surface area contributed by atoms with Gasteiger partial charge in [-0.25, -0.2) is 0 Å². The van der Waals surface area contributed by atoms with Crippen molar-refractivity contribution in [3.05, 3.63) is 40.3 Å². The molecule has 1 unspecified atom stereocenters. The molecule has 1 atom stereocenters. The molecule has 1 saturated carbocycles. The van der Waals surface area contributed by atoms with Gasteiger partial charge >= 0.3 is 0 Å². The lowest BCUT2D eigenvalue weighted by Gasteiger charge is -2.10. The molecule has 2 aromatic rings. The van der Waals surface area contributed by atoms with E-state index in [0.717, 1.165) is 18.5 Å². The Morgan fingerprint density at radius 2 is 2.16 bits per heavy atom. The molecule has 1 aliphatic rings. The molecule has 4 heteroatoms. The van der Waals surface area contributed by atoms with Crippen LogP contribution in [0.25, 0.3) is 0 Å². The topological polar surface area (TPSA) is 43.8 Å². The standard InChI is InChI=1S/C15H21N3S/c16-13(9-12-6-8-19-11-12)10-14-5-7-18(17-14)15-3-1-2-4-15/h5-8,11,13,15H,1-4,9-10,16H2. The molecular weight excluding hydrogens is 254 g/mol. The van der Waals surface area contributed by atoms with Gasteiger partial charge in [0.15, 0.2) is 0 Å². The van der Waals surface area contributed by atoms with Gasteiger partial charge < -0.3 is 5.73 Å². The first-order valence-electron chi connectivity index (χ1n) is 7.12. The van der Waals surface area contributed by atoms with Gasteiger partial charge in [0.05, 0.1) is 11.7 Å². The van der Waals surface area contributed by atoms with Crippen LogP contribution in [0.5, 0.6) is 0 Å². The van der Waals surface area contributed by atoms with Crippen molar-refractivity contribution in [3.63, 3.8) is 0 Å². The molecule has 1 aliphatic carbocycles. The van der Waals surface area contributed by atoms with E-state index in [1.807, 2.05) is 0 Å². The van der Waals surface area contributed by atoms with Gasteiger partial charge in [-0.05, 0) is 47.7 Å². The zero-order chi connectivity index (χ0) is 13.1. The molecule has 0 radical (unpaired) electrons. The van der Waals surface area contributed by atoms with Crippen molar-refractivity contribution in [2.45, 2.75) is 50.6 Å². The number of thiophene rings is 1. The first-order valence-corrected chi connectivity index (χ1v) is 8.06. The summed E-state index contributed by atoms with van der Waals surface area (Å²) in [7, 11) is 0. The fourth-order valence-electron chi connectivity index (χ4n) is 2.91. The Hall–Kier alpha value is -1.13. The molecule has 102 valence electrons. The maximum absolute atomic E-state index is 6.22. The fraction of sp³-hybridized carbons (Fsp3) is 0.533. The number of nitrogens with two attached hydrogens (primary N) is 1. The molecule has 2 heterocycles. The van der Waals surface area contributed by atoms with E-state index in [0.29, 0.717) is 6.04 Å². The summed E-state index contributed by atoms with van der Waals surface area (Å²) in [6, 6.07) is 5.08. The monoisotopic (exact) mass is 275 g/mol. The summed E-state index contributed by atoms with van der Waals surface area (Å²) in [5.74, 6) is 0. The minimum atomic E-state index is 0.168. The van der Waals surface area contributed by atoms with Gasteiger partial charge in [-0.2, -0.15) is 16.4 Å². The molecule has 1 fully saturated rings. The summed E-state index contributed by atoms with van der Waals surface area (Å²) in [6.07, 6.45) is 9.19. The van der Waals surface area contributed by atoms with Crippen LogP contribution < -0.4 is 5.73 Å². The fourth-order valence-corrected chi connectivity index (χ4v) is 3.59. The molecule has 2 aromatic heterocycles. The van der Waals surface area contributed by atoms with Crippen LogP contribution in [0, 0.1) is 0 Å². The van der Waals surface area contributed by atoms with Crippen LogP contribution in [0.1, 0.15) is 43.0 Å². The van der Waals surface area contributed by atoms with Gasteiger partial charge in [-0.1, -0.05) is 12.8 Å². The summed E-state index contributed by atoms with van der Waals surface area (Å²) < 4.78 is 2.15. The highest BCUT2D eigenvalue weighted by atomic mass is 32.1. The zero-order valence-corrected chi connectivity index (χ0v) is 12.0. The van der Waals surface area contributed by atoms with Crippen LogP contribution in [0.2, 0.25) is 0 Å². The van der Waals surface area contributed by atoms with Gasteiger partial charge in [0, 0.05) is 18.7 Å². The van der Waals surface area contributed by atoms with Crippen LogP contribution in [0.4, 0.5) is 0 Å². The van der Waals surface area contributed by atoms with E-state index in [1.54, 1.807) is 11.3 Å². The lowest BCUT2D eigenvalue weighted by molar-refractivity contribution is 0.461. The van der Waals surface area contributed by atoms with Crippen molar-refractivity contribution in [2.75, 3.05) is 0 Å². The SMILES string of the molecule is NC(Cc1ccsc1)Cc1ccn(C2CCCC2)n1. The Balaban J connectivity index is 1.57. The van der Waals surface area contributed by atoms with Crippen LogP contribution in [0.15, 0.2) is 29.1 Å². The average Bonchev–Trinajstić information content (AvgIpc) is 3.09.